The number of amides is 1. The Kier molecular flexibility index (Phi) is 5.31. The Morgan fingerprint density at radius 1 is 1.03 bits per heavy atom. The van der Waals surface area contributed by atoms with E-state index >= 15 is 0 Å². The van der Waals surface area contributed by atoms with Gasteiger partial charge in [-0.15, -0.1) is 0 Å². The van der Waals surface area contributed by atoms with Gasteiger partial charge in [0.05, 0.1) is 28.6 Å². The number of nitrogens with zero attached hydrogens (tertiary/aromatic N) is 2. The van der Waals surface area contributed by atoms with Crippen LogP contribution >= 0.6 is 0 Å². The second-order valence-corrected chi connectivity index (χ2v) is 8.90. The fourth-order valence-electron chi connectivity index (χ4n) is 4.94. The van der Waals surface area contributed by atoms with E-state index in [1.807, 2.05) is 49.4 Å². The van der Waals surface area contributed by atoms with E-state index in [-0.39, 0.29) is 6.61 Å². The number of aromatic amines is 1. The van der Waals surface area contributed by atoms with Crippen LogP contribution in [-0.2, 0) is 6.61 Å². The Morgan fingerprint density at radius 3 is 2.68 bits per heavy atom. The first-order valence-electron chi connectivity index (χ1n) is 11.7. The summed E-state index contributed by atoms with van der Waals surface area (Å²) in [4.78, 5) is 24.0. The highest BCUT2D eigenvalue weighted by molar-refractivity contribution is 6.20. The zero-order valence-corrected chi connectivity index (χ0v) is 19.8. The molecule has 7 nitrogen and oxygen atoms in total. The van der Waals surface area contributed by atoms with Crippen molar-refractivity contribution in [3.05, 3.63) is 95.6 Å². The van der Waals surface area contributed by atoms with Gasteiger partial charge in [0.25, 0.3) is 5.91 Å². The third-order valence-corrected chi connectivity index (χ3v) is 6.76. The number of carbonyl (C=O) groups excluding carboxylic acids is 1. The second-order valence-electron chi connectivity index (χ2n) is 8.90. The Morgan fingerprint density at radius 2 is 1.86 bits per heavy atom. The van der Waals surface area contributed by atoms with Gasteiger partial charge in [-0.1, -0.05) is 36.4 Å². The Hall–Kier alpha value is -4.82. The lowest BCUT2D eigenvalue weighted by Gasteiger charge is -2.16. The molecule has 0 atom stereocenters. The van der Waals surface area contributed by atoms with Gasteiger partial charge in [-0.2, -0.15) is 0 Å². The van der Waals surface area contributed by atoms with Crippen LogP contribution in [0.3, 0.4) is 0 Å². The minimum Gasteiger partial charge on any atom is -0.392 e. The van der Waals surface area contributed by atoms with Crippen LogP contribution in [0, 0.1) is 12.7 Å². The number of H-pyrrole nitrogens is 1. The molecule has 0 aliphatic rings. The molecular formula is C29H22FN5O2. The van der Waals surface area contributed by atoms with Crippen molar-refractivity contribution in [2.24, 2.45) is 5.73 Å². The topological polar surface area (TPSA) is 117 Å². The molecule has 0 aliphatic carbocycles. The molecule has 8 heteroatoms. The third-order valence-electron chi connectivity index (χ3n) is 6.76. The van der Waals surface area contributed by atoms with Crippen LogP contribution in [0.5, 0.6) is 0 Å². The summed E-state index contributed by atoms with van der Waals surface area (Å²) in [6.45, 7) is 1.88. The predicted octanol–water partition coefficient (Wildman–Crippen LogP) is 5.71. The number of benzene rings is 4. The SMILES string of the molecule is Cc1c(Nc2ncnc3cccc(F)c23)cccc1-c1ccc(C(N)=O)c2[nH]c3cc(CO)ccc3c12. The van der Waals surface area contributed by atoms with Gasteiger partial charge in [0.2, 0.25) is 0 Å². The molecule has 0 spiro atoms. The molecule has 0 saturated carbocycles. The van der Waals surface area contributed by atoms with Crippen molar-refractivity contribution in [3.63, 3.8) is 0 Å². The molecule has 6 rings (SSSR count). The number of hydrogen-bond acceptors (Lipinski definition) is 5. The standard InChI is InChI=1S/C29H22FN5O2/c1-15-17(4-2-6-22(15)35-29-26-21(30)5-3-7-23(26)32-14-33-29)18-10-11-20(28(31)37)27-25(18)19-9-8-16(13-36)12-24(19)34-27/h2-12,14,34,36H,13H2,1H3,(H2,31,37)(H,32,33,35). The van der Waals surface area contributed by atoms with Crippen molar-refractivity contribution >= 4 is 50.1 Å². The number of nitrogens with one attached hydrogen (secondary N) is 2. The highest BCUT2D eigenvalue weighted by atomic mass is 19.1. The van der Waals surface area contributed by atoms with Crippen LogP contribution in [-0.4, -0.2) is 26.0 Å². The monoisotopic (exact) mass is 491 g/mol. The number of fused-ring (bicyclic) bond motifs is 4. The molecule has 37 heavy (non-hydrogen) atoms. The number of halogens is 1. The minimum absolute atomic E-state index is 0.0913. The summed E-state index contributed by atoms with van der Waals surface area (Å²) in [5.41, 5.74) is 12.3. The average molecular weight is 492 g/mol. The van der Waals surface area contributed by atoms with Crippen molar-refractivity contribution in [1.29, 1.82) is 0 Å². The number of anilines is 2. The fourth-order valence-corrected chi connectivity index (χ4v) is 4.94. The fraction of sp³-hybridized carbons (Fsp3) is 0.0690. The zero-order valence-electron chi connectivity index (χ0n) is 19.8. The van der Waals surface area contributed by atoms with Crippen molar-refractivity contribution < 1.29 is 14.3 Å². The maximum absolute atomic E-state index is 14.7. The molecule has 0 radical (unpaired) electrons. The molecule has 0 saturated heterocycles. The van der Waals surface area contributed by atoms with Crippen LogP contribution < -0.4 is 11.1 Å². The van der Waals surface area contributed by atoms with E-state index in [0.29, 0.717) is 27.8 Å². The van der Waals surface area contributed by atoms with E-state index in [2.05, 4.69) is 20.3 Å². The largest absolute Gasteiger partial charge is 0.392 e. The summed E-state index contributed by atoms with van der Waals surface area (Å²) in [5, 5.41) is 15.0. The molecule has 2 aromatic heterocycles. The van der Waals surface area contributed by atoms with Gasteiger partial charge in [-0.05, 0) is 59.5 Å². The molecule has 0 bridgehead atoms. The second kappa shape index (κ2) is 8.69. The van der Waals surface area contributed by atoms with Crippen LogP contribution in [0.1, 0.15) is 21.5 Å². The Labute approximate surface area is 210 Å². The first-order valence-corrected chi connectivity index (χ1v) is 11.7. The lowest BCUT2D eigenvalue weighted by Crippen LogP contribution is -2.11. The number of aromatic nitrogens is 3. The van der Waals surface area contributed by atoms with Crippen LogP contribution in [0.25, 0.3) is 43.8 Å². The van der Waals surface area contributed by atoms with E-state index in [0.717, 1.165) is 44.2 Å². The van der Waals surface area contributed by atoms with E-state index in [1.165, 1.54) is 12.4 Å². The highest BCUT2D eigenvalue weighted by Gasteiger charge is 2.19. The summed E-state index contributed by atoms with van der Waals surface area (Å²) in [7, 11) is 0. The molecule has 6 aromatic rings. The van der Waals surface area contributed by atoms with E-state index in [1.54, 1.807) is 18.2 Å². The van der Waals surface area contributed by atoms with Gasteiger partial charge in [-0.3, -0.25) is 4.79 Å². The third kappa shape index (κ3) is 3.66. The summed E-state index contributed by atoms with van der Waals surface area (Å²) < 4.78 is 14.7. The molecule has 0 unspecified atom stereocenters. The molecule has 1 amide bonds. The van der Waals surface area contributed by atoms with Gasteiger partial charge >= 0.3 is 0 Å². The number of aliphatic hydroxyl groups is 1. The Bertz CT molecular complexity index is 1860. The average Bonchev–Trinajstić information content (AvgIpc) is 3.28. The molecule has 0 fully saturated rings. The number of aliphatic hydroxyl groups excluding tert-OH is 1. The van der Waals surface area contributed by atoms with E-state index in [4.69, 9.17) is 5.73 Å². The van der Waals surface area contributed by atoms with E-state index < -0.39 is 11.7 Å². The molecular weight excluding hydrogens is 469 g/mol. The van der Waals surface area contributed by atoms with Gasteiger partial charge in [0, 0.05) is 22.0 Å². The van der Waals surface area contributed by atoms with Crippen LogP contribution in [0.15, 0.2) is 73.1 Å². The smallest absolute Gasteiger partial charge is 0.250 e. The summed E-state index contributed by atoms with van der Waals surface area (Å²) in [5.74, 6) is -0.560. The van der Waals surface area contributed by atoms with Gasteiger partial charge in [0.15, 0.2) is 0 Å². The van der Waals surface area contributed by atoms with Crippen molar-refractivity contribution in [2.45, 2.75) is 13.5 Å². The van der Waals surface area contributed by atoms with Gasteiger partial charge in [0.1, 0.15) is 18.0 Å². The lowest BCUT2D eigenvalue weighted by molar-refractivity contribution is 0.100. The van der Waals surface area contributed by atoms with Crippen molar-refractivity contribution in [3.8, 4) is 11.1 Å². The Balaban J connectivity index is 1.55. The zero-order chi connectivity index (χ0) is 25.7. The summed E-state index contributed by atoms with van der Waals surface area (Å²) in [6, 6.07) is 19.8. The molecule has 0 aliphatic heterocycles. The minimum atomic E-state index is -0.532. The maximum atomic E-state index is 14.7. The number of rotatable bonds is 5. The lowest BCUT2D eigenvalue weighted by atomic mass is 9.93. The summed E-state index contributed by atoms with van der Waals surface area (Å²) in [6.07, 6.45) is 1.40. The number of carbonyl (C=O) groups is 1. The predicted molar refractivity (Wildman–Crippen MR) is 143 cm³/mol. The summed E-state index contributed by atoms with van der Waals surface area (Å²) >= 11 is 0. The first-order chi connectivity index (χ1) is 18.0. The molecule has 5 N–H and O–H groups in total. The molecule has 2 heterocycles. The van der Waals surface area contributed by atoms with Crippen LogP contribution in [0.4, 0.5) is 15.9 Å². The normalized spacial score (nSPS) is 11.4. The maximum Gasteiger partial charge on any atom is 0.250 e. The number of nitrogens with two attached hydrogens (primary N) is 1. The van der Waals surface area contributed by atoms with E-state index in [9.17, 15) is 14.3 Å². The van der Waals surface area contributed by atoms with Crippen molar-refractivity contribution in [1.82, 2.24) is 15.0 Å². The van der Waals surface area contributed by atoms with Crippen molar-refractivity contribution in [2.75, 3.05) is 5.32 Å². The first kappa shape index (κ1) is 22.6. The van der Waals surface area contributed by atoms with Gasteiger partial charge < -0.3 is 21.1 Å². The quantitative estimate of drug-likeness (QED) is 0.246. The highest BCUT2D eigenvalue weighted by Crippen LogP contribution is 2.40. The van der Waals surface area contributed by atoms with Crippen LogP contribution in [0.2, 0.25) is 0 Å². The number of hydrogen-bond donors (Lipinski definition) is 4. The molecule has 4 aromatic carbocycles. The van der Waals surface area contributed by atoms with Gasteiger partial charge in [-0.25, -0.2) is 14.4 Å². The molecule has 182 valence electrons. The number of primary amides is 1.